The topological polar surface area (TPSA) is 84.1 Å². The second kappa shape index (κ2) is 10.9. The Labute approximate surface area is 213 Å². The maximum absolute atomic E-state index is 13.5. The molecule has 3 aromatic carbocycles. The first-order valence-corrected chi connectivity index (χ1v) is 12.2. The number of ether oxygens (including phenoxy) is 1. The number of aromatic nitrogens is 1. The van der Waals surface area contributed by atoms with Crippen LogP contribution in [0.5, 0.6) is 5.75 Å². The predicted octanol–water partition coefficient (Wildman–Crippen LogP) is 4.17. The van der Waals surface area contributed by atoms with Crippen molar-refractivity contribution in [3.05, 3.63) is 110 Å². The molecule has 1 aromatic heterocycles. The van der Waals surface area contributed by atoms with Crippen LogP contribution >= 0.6 is 11.3 Å². The van der Waals surface area contributed by atoms with Crippen LogP contribution in [0.15, 0.2) is 83.7 Å². The molecule has 0 aliphatic rings. The molecule has 0 atom stereocenters. The molecule has 180 valence electrons. The molecule has 0 radical (unpaired) electrons. The fourth-order valence-corrected chi connectivity index (χ4v) is 4.82. The minimum Gasteiger partial charge on any atom is -0.495 e. The van der Waals surface area contributed by atoms with Crippen molar-refractivity contribution in [2.24, 2.45) is 0 Å². The van der Waals surface area contributed by atoms with Crippen LogP contribution in [-0.4, -0.2) is 17.6 Å². The Kier molecular flexibility index (Phi) is 7.47. The zero-order valence-electron chi connectivity index (χ0n) is 20.2. The van der Waals surface area contributed by atoms with Gasteiger partial charge in [-0.25, -0.2) is 0 Å². The minimum atomic E-state index is -0.624. The lowest BCUT2D eigenvalue weighted by Gasteiger charge is -2.09. The van der Waals surface area contributed by atoms with Crippen LogP contribution in [0.4, 0.5) is 5.69 Å². The molecule has 4 rings (SSSR count). The van der Waals surface area contributed by atoms with E-state index in [1.165, 1.54) is 17.2 Å². The second-order valence-corrected chi connectivity index (χ2v) is 9.39. The van der Waals surface area contributed by atoms with Gasteiger partial charge in [0.25, 0.3) is 11.5 Å². The molecule has 0 spiro atoms. The summed E-state index contributed by atoms with van der Waals surface area (Å²) in [6.45, 7) is 4.25. The third kappa shape index (κ3) is 5.14. The van der Waals surface area contributed by atoms with Crippen molar-refractivity contribution in [3.63, 3.8) is 0 Å². The van der Waals surface area contributed by atoms with E-state index in [2.05, 4.69) is 19.2 Å². The SMILES string of the molecule is COc1ccccc1NC(=O)/C(C#N)=c1\s/c(=C/c2ccc(C(C)C)cc2)c(=O)n1-c1ccccc1. The predicted molar refractivity (Wildman–Crippen MR) is 144 cm³/mol. The van der Waals surface area contributed by atoms with Crippen molar-refractivity contribution in [1.29, 1.82) is 5.26 Å². The summed E-state index contributed by atoms with van der Waals surface area (Å²) in [5.41, 5.74) is 2.60. The van der Waals surface area contributed by atoms with Crippen LogP contribution < -0.4 is 24.8 Å². The number of amides is 1. The number of nitrogens with one attached hydrogen (secondary N) is 1. The van der Waals surface area contributed by atoms with E-state index in [0.717, 1.165) is 16.9 Å². The molecule has 7 heteroatoms. The van der Waals surface area contributed by atoms with Crippen molar-refractivity contribution in [2.75, 3.05) is 12.4 Å². The molecule has 0 aliphatic heterocycles. The summed E-state index contributed by atoms with van der Waals surface area (Å²) in [7, 11) is 1.50. The van der Waals surface area contributed by atoms with Crippen molar-refractivity contribution in [2.45, 2.75) is 19.8 Å². The molecule has 4 aromatic rings. The highest BCUT2D eigenvalue weighted by atomic mass is 32.1. The van der Waals surface area contributed by atoms with Crippen LogP contribution in [-0.2, 0) is 4.79 Å². The van der Waals surface area contributed by atoms with E-state index in [1.807, 2.05) is 36.4 Å². The third-order valence-electron chi connectivity index (χ3n) is 5.65. The van der Waals surface area contributed by atoms with Gasteiger partial charge in [0.2, 0.25) is 0 Å². The summed E-state index contributed by atoms with van der Waals surface area (Å²) in [5, 5.41) is 12.7. The first-order chi connectivity index (χ1) is 17.4. The molecule has 36 heavy (non-hydrogen) atoms. The molecule has 0 bridgehead atoms. The molecular weight excluding hydrogens is 470 g/mol. The van der Waals surface area contributed by atoms with E-state index in [0.29, 0.717) is 27.6 Å². The molecule has 1 heterocycles. The minimum absolute atomic E-state index is 0.165. The average molecular weight is 496 g/mol. The van der Waals surface area contributed by atoms with Gasteiger partial charge in [-0.2, -0.15) is 5.26 Å². The van der Waals surface area contributed by atoms with Gasteiger partial charge < -0.3 is 10.1 Å². The molecule has 1 N–H and O–H groups in total. The summed E-state index contributed by atoms with van der Waals surface area (Å²) < 4.78 is 7.40. The fourth-order valence-electron chi connectivity index (χ4n) is 3.72. The van der Waals surface area contributed by atoms with E-state index < -0.39 is 5.91 Å². The van der Waals surface area contributed by atoms with Gasteiger partial charge in [-0.05, 0) is 47.4 Å². The maximum atomic E-state index is 13.5. The summed E-state index contributed by atoms with van der Waals surface area (Å²) in [6.07, 6.45) is 1.78. The molecule has 0 fully saturated rings. The molecule has 0 saturated carbocycles. The zero-order valence-corrected chi connectivity index (χ0v) is 21.0. The molecule has 0 aliphatic carbocycles. The van der Waals surface area contributed by atoms with E-state index in [1.54, 1.807) is 54.6 Å². The molecular formula is C29H25N3O3S. The number of anilines is 1. The Morgan fingerprint density at radius 2 is 1.69 bits per heavy atom. The number of hydrogen-bond donors (Lipinski definition) is 1. The van der Waals surface area contributed by atoms with E-state index >= 15 is 0 Å². The number of nitriles is 1. The fraction of sp³-hybridized carbons (Fsp3) is 0.138. The quantitative estimate of drug-likeness (QED) is 0.435. The van der Waals surface area contributed by atoms with Crippen LogP contribution in [0.2, 0.25) is 0 Å². The molecule has 0 saturated heterocycles. The van der Waals surface area contributed by atoms with Crippen LogP contribution in [0.1, 0.15) is 30.9 Å². The maximum Gasteiger partial charge on any atom is 0.273 e. The highest BCUT2D eigenvalue weighted by Crippen LogP contribution is 2.23. The number of carbonyl (C=O) groups is 1. The van der Waals surface area contributed by atoms with Crippen LogP contribution in [0.25, 0.3) is 17.3 Å². The van der Waals surface area contributed by atoms with Gasteiger partial charge in [-0.1, -0.05) is 68.4 Å². The summed E-state index contributed by atoms with van der Waals surface area (Å²) in [6, 6.07) is 25.9. The first-order valence-electron chi connectivity index (χ1n) is 11.4. The van der Waals surface area contributed by atoms with E-state index in [4.69, 9.17) is 4.74 Å². The number of hydrogen-bond acceptors (Lipinski definition) is 5. The number of nitrogens with zero attached hydrogens (tertiary/aromatic N) is 2. The highest BCUT2D eigenvalue weighted by molar-refractivity contribution is 7.07. The standard InChI is InChI=1S/C29H25N3O3S/c1-19(2)21-15-13-20(14-16-21)17-26-28(34)32(22-9-5-4-6-10-22)29(36-26)23(18-30)27(33)31-24-11-7-8-12-25(24)35-3/h4-17,19H,1-3H3,(H,31,33)/b26-17+,29-23-. The summed E-state index contributed by atoms with van der Waals surface area (Å²) in [5.74, 6) is 0.242. The smallest absolute Gasteiger partial charge is 0.273 e. The van der Waals surface area contributed by atoms with Gasteiger partial charge >= 0.3 is 0 Å². The Hall–Kier alpha value is -4.41. The van der Waals surface area contributed by atoms with Crippen LogP contribution in [0.3, 0.4) is 0 Å². The number of para-hydroxylation sites is 3. The van der Waals surface area contributed by atoms with Gasteiger partial charge in [0.1, 0.15) is 16.5 Å². The Balaban J connectivity index is 1.91. The van der Waals surface area contributed by atoms with Gasteiger partial charge in [0.05, 0.1) is 23.0 Å². The number of methoxy groups -OCH3 is 1. The Bertz CT molecular complexity index is 1610. The number of thiazole rings is 1. The van der Waals surface area contributed by atoms with E-state index in [9.17, 15) is 14.9 Å². The Morgan fingerprint density at radius 3 is 2.33 bits per heavy atom. The zero-order chi connectivity index (χ0) is 25.7. The molecule has 6 nitrogen and oxygen atoms in total. The largest absolute Gasteiger partial charge is 0.495 e. The molecule has 1 amide bonds. The van der Waals surface area contributed by atoms with Crippen LogP contribution in [0, 0.1) is 11.3 Å². The number of benzene rings is 3. The lowest BCUT2D eigenvalue weighted by molar-refractivity contribution is -0.111. The van der Waals surface area contributed by atoms with Gasteiger partial charge in [-0.15, -0.1) is 11.3 Å². The van der Waals surface area contributed by atoms with Crippen molar-refractivity contribution >= 4 is 34.6 Å². The monoisotopic (exact) mass is 495 g/mol. The van der Waals surface area contributed by atoms with Crippen molar-refractivity contribution < 1.29 is 9.53 Å². The third-order valence-corrected chi connectivity index (χ3v) is 6.74. The van der Waals surface area contributed by atoms with E-state index in [-0.39, 0.29) is 15.8 Å². The van der Waals surface area contributed by atoms with Crippen molar-refractivity contribution in [3.8, 4) is 17.5 Å². The molecule has 0 unspecified atom stereocenters. The number of carbonyl (C=O) groups excluding carboxylic acids is 1. The number of rotatable bonds is 6. The van der Waals surface area contributed by atoms with Gasteiger partial charge in [0.15, 0.2) is 5.57 Å². The highest BCUT2D eigenvalue weighted by Gasteiger charge is 2.18. The summed E-state index contributed by atoms with van der Waals surface area (Å²) in [4.78, 5) is 26.8. The lowest BCUT2D eigenvalue weighted by Crippen LogP contribution is -2.32. The average Bonchev–Trinajstić information content (AvgIpc) is 3.20. The van der Waals surface area contributed by atoms with Gasteiger partial charge in [-0.3, -0.25) is 14.2 Å². The normalized spacial score (nSPS) is 12.2. The Morgan fingerprint density at radius 1 is 1.03 bits per heavy atom. The summed E-state index contributed by atoms with van der Waals surface area (Å²) >= 11 is 1.11. The van der Waals surface area contributed by atoms with Gasteiger partial charge in [0, 0.05) is 0 Å². The first kappa shape index (κ1) is 24.7. The lowest BCUT2D eigenvalue weighted by atomic mass is 10.0. The van der Waals surface area contributed by atoms with Crippen molar-refractivity contribution in [1.82, 2.24) is 4.57 Å². The second-order valence-electron chi connectivity index (χ2n) is 8.35.